The fourth-order valence-electron chi connectivity index (χ4n) is 4.87. The van der Waals surface area contributed by atoms with Crippen LogP contribution >= 0.6 is 11.8 Å². The fourth-order valence-corrected chi connectivity index (χ4v) is 5.74. The van der Waals surface area contributed by atoms with Crippen LogP contribution in [0.1, 0.15) is 43.0 Å². The Morgan fingerprint density at radius 1 is 1.25 bits per heavy atom. The van der Waals surface area contributed by atoms with Crippen LogP contribution in [0.3, 0.4) is 0 Å². The monoisotopic (exact) mass is 515 g/mol. The van der Waals surface area contributed by atoms with Crippen molar-refractivity contribution >= 4 is 28.6 Å². The molecule has 0 spiro atoms. The minimum absolute atomic E-state index is 0.00511. The molecule has 4 rings (SSSR count). The highest BCUT2D eigenvalue weighted by molar-refractivity contribution is 7.99. The number of pyridine rings is 2. The number of hydrogen-bond donors (Lipinski definition) is 1. The fraction of sp³-hybridized carbons (Fsp3) is 0.444. The number of ether oxygens (including phenoxy) is 1. The van der Waals surface area contributed by atoms with Crippen LogP contribution in [0, 0.1) is 5.41 Å². The Morgan fingerprint density at radius 2 is 2.06 bits per heavy atom. The van der Waals surface area contributed by atoms with E-state index in [0.29, 0.717) is 42.6 Å². The minimum atomic E-state index is -1.50. The van der Waals surface area contributed by atoms with Crippen molar-refractivity contribution in [1.82, 2.24) is 14.9 Å². The van der Waals surface area contributed by atoms with Gasteiger partial charge < -0.3 is 14.7 Å². The van der Waals surface area contributed by atoms with E-state index in [1.165, 1.54) is 13.3 Å². The van der Waals surface area contributed by atoms with Gasteiger partial charge in [0, 0.05) is 41.2 Å². The lowest BCUT2D eigenvalue weighted by molar-refractivity contribution is -0.153. The van der Waals surface area contributed by atoms with Crippen LogP contribution in [0.2, 0.25) is 0 Å². The molecule has 0 amide bonds. The van der Waals surface area contributed by atoms with Crippen LogP contribution in [0.5, 0.6) is 5.75 Å². The van der Waals surface area contributed by atoms with Crippen LogP contribution < -0.4 is 4.74 Å². The molecule has 3 heterocycles. The first-order valence-electron chi connectivity index (χ1n) is 12.1. The second kappa shape index (κ2) is 12.0. The lowest BCUT2D eigenvalue weighted by Gasteiger charge is -2.39. The van der Waals surface area contributed by atoms with E-state index in [-0.39, 0.29) is 24.0 Å². The van der Waals surface area contributed by atoms with Crippen LogP contribution in [0.15, 0.2) is 53.8 Å². The lowest BCUT2D eigenvalue weighted by atomic mass is 9.74. The molecule has 0 saturated carbocycles. The van der Waals surface area contributed by atoms with E-state index >= 15 is 4.39 Å². The summed E-state index contributed by atoms with van der Waals surface area (Å²) in [6.45, 7) is 1.30. The quantitative estimate of drug-likeness (QED) is 0.321. The zero-order valence-electron chi connectivity index (χ0n) is 20.3. The summed E-state index contributed by atoms with van der Waals surface area (Å²) >= 11 is 1.68. The highest BCUT2D eigenvalue weighted by atomic mass is 32.2. The number of halogens is 2. The molecule has 2 aromatic heterocycles. The predicted molar refractivity (Wildman–Crippen MR) is 137 cm³/mol. The van der Waals surface area contributed by atoms with Gasteiger partial charge in [0.15, 0.2) is 0 Å². The molecule has 1 aliphatic rings. The van der Waals surface area contributed by atoms with Crippen LogP contribution in [-0.4, -0.2) is 58.4 Å². The van der Waals surface area contributed by atoms with Gasteiger partial charge in [-0.3, -0.25) is 9.78 Å². The normalized spacial score (nSPS) is 16.6. The SMILES string of the molecule is COc1ccc2ncc(CF)c([C@H](F)CCC3(C(=O)O)CCN(CCSc4ccccn4)CC3)c2c1. The first-order valence-corrected chi connectivity index (χ1v) is 13.1. The zero-order chi connectivity index (χ0) is 25.5. The number of nitrogens with zero attached hydrogens (tertiary/aromatic N) is 3. The van der Waals surface area contributed by atoms with Gasteiger partial charge in [-0.25, -0.2) is 13.8 Å². The Labute approximate surface area is 214 Å². The van der Waals surface area contributed by atoms with Crippen molar-refractivity contribution in [3.63, 3.8) is 0 Å². The Bertz CT molecular complexity index is 1170. The highest BCUT2D eigenvalue weighted by Crippen LogP contribution is 2.41. The largest absolute Gasteiger partial charge is 0.497 e. The molecule has 9 heteroatoms. The number of piperidine rings is 1. The van der Waals surface area contributed by atoms with Crippen molar-refractivity contribution in [2.75, 3.05) is 32.5 Å². The topological polar surface area (TPSA) is 75.6 Å². The Hall–Kier alpha value is -2.78. The van der Waals surface area contributed by atoms with Crippen LogP contribution in [0.25, 0.3) is 10.9 Å². The predicted octanol–water partition coefficient (Wildman–Crippen LogP) is 5.86. The van der Waals surface area contributed by atoms with Gasteiger partial charge in [-0.1, -0.05) is 6.07 Å². The minimum Gasteiger partial charge on any atom is -0.497 e. The number of aromatic nitrogens is 2. The number of benzene rings is 1. The lowest BCUT2D eigenvalue weighted by Crippen LogP contribution is -2.45. The number of carbonyl (C=O) groups is 1. The molecule has 6 nitrogen and oxygen atoms in total. The van der Waals surface area contributed by atoms with Crippen molar-refractivity contribution < 1.29 is 23.4 Å². The van der Waals surface area contributed by atoms with E-state index in [9.17, 15) is 14.3 Å². The first-order chi connectivity index (χ1) is 17.5. The Morgan fingerprint density at radius 3 is 2.72 bits per heavy atom. The first kappa shape index (κ1) is 26.3. The van der Waals surface area contributed by atoms with Crippen molar-refractivity contribution in [3.05, 3.63) is 59.9 Å². The van der Waals surface area contributed by atoms with Gasteiger partial charge in [0.1, 0.15) is 18.6 Å². The van der Waals surface area contributed by atoms with Crippen molar-refractivity contribution in [3.8, 4) is 5.75 Å². The van der Waals surface area contributed by atoms with E-state index in [2.05, 4.69) is 14.9 Å². The standard InChI is InChI=1S/C27H31F2N3O3S/c1-35-20-5-6-23-21(16-20)25(19(17-28)18-31-23)22(29)7-8-27(26(33)34)9-12-32(13-10-27)14-15-36-24-4-2-3-11-30-24/h2-6,11,16,18,22H,7-10,12-15,17H2,1H3,(H,33,34)/t22-/m1/s1. The second-order valence-corrected chi connectivity index (χ2v) is 10.3. The summed E-state index contributed by atoms with van der Waals surface area (Å²) in [5.74, 6) is 0.516. The number of aliphatic carboxylic acids is 1. The number of alkyl halides is 2. The second-order valence-electron chi connectivity index (χ2n) is 9.16. The number of methoxy groups -OCH3 is 1. The molecule has 1 N–H and O–H groups in total. The van der Waals surface area contributed by atoms with Gasteiger partial charge >= 0.3 is 5.97 Å². The molecule has 1 atom stereocenters. The van der Waals surface area contributed by atoms with Gasteiger partial charge in [-0.2, -0.15) is 0 Å². The molecular weight excluding hydrogens is 484 g/mol. The number of rotatable bonds is 11. The number of fused-ring (bicyclic) bond motifs is 1. The van der Waals surface area contributed by atoms with Crippen molar-refractivity contribution in [1.29, 1.82) is 0 Å². The van der Waals surface area contributed by atoms with Crippen molar-refractivity contribution in [2.24, 2.45) is 5.41 Å². The maximum Gasteiger partial charge on any atom is 0.309 e. The van der Waals surface area contributed by atoms with E-state index in [0.717, 1.165) is 17.3 Å². The summed E-state index contributed by atoms with van der Waals surface area (Å²) in [6.07, 6.45) is 2.76. The number of hydrogen-bond acceptors (Lipinski definition) is 6. The Kier molecular flexibility index (Phi) is 8.74. The molecule has 0 bridgehead atoms. The highest BCUT2D eigenvalue weighted by Gasteiger charge is 2.41. The number of carboxylic acids is 1. The van der Waals surface area contributed by atoms with Crippen molar-refractivity contribution in [2.45, 2.75) is 43.6 Å². The maximum atomic E-state index is 15.7. The van der Waals surface area contributed by atoms with Gasteiger partial charge in [-0.15, -0.1) is 11.8 Å². The number of thioether (sulfide) groups is 1. The van der Waals surface area contributed by atoms with Gasteiger partial charge in [0.25, 0.3) is 0 Å². The summed E-state index contributed by atoms with van der Waals surface area (Å²) in [6, 6.07) is 10.9. The van der Waals surface area contributed by atoms with E-state index in [4.69, 9.17) is 4.74 Å². The molecule has 192 valence electrons. The molecule has 3 aromatic rings. The maximum absolute atomic E-state index is 15.7. The summed E-state index contributed by atoms with van der Waals surface area (Å²) in [5.41, 5.74) is 0.00000624. The summed E-state index contributed by atoms with van der Waals surface area (Å²) in [7, 11) is 1.51. The molecule has 36 heavy (non-hydrogen) atoms. The average Bonchev–Trinajstić information content (AvgIpc) is 2.92. The average molecular weight is 516 g/mol. The van der Waals surface area contributed by atoms with Gasteiger partial charge in [-0.05, 0) is 69.1 Å². The molecule has 1 fully saturated rings. The molecule has 0 aliphatic carbocycles. The summed E-state index contributed by atoms with van der Waals surface area (Å²) in [4.78, 5) is 23.1. The van der Waals surface area contributed by atoms with Gasteiger partial charge in [0.2, 0.25) is 0 Å². The summed E-state index contributed by atoms with van der Waals surface area (Å²) in [5, 5.41) is 11.6. The zero-order valence-corrected chi connectivity index (χ0v) is 21.1. The molecule has 1 aromatic carbocycles. The molecule has 0 unspecified atom stereocenters. The van der Waals surface area contributed by atoms with Crippen LogP contribution in [0.4, 0.5) is 8.78 Å². The smallest absolute Gasteiger partial charge is 0.309 e. The molecule has 1 aliphatic heterocycles. The number of carboxylic acid groups (broad SMARTS) is 1. The van der Waals surface area contributed by atoms with E-state index in [1.807, 2.05) is 18.2 Å². The molecule has 1 saturated heterocycles. The molecular formula is C27H31F2N3O3S. The third-order valence-corrected chi connectivity index (χ3v) is 8.02. The van der Waals surface area contributed by atoms with E-state index in [1.54, 1.807) is 36.2 Å². The Balaban J connectivity index is 1.40. The third kappa shape index (κ3) is 5.95. The molecule has 0 radical (unpaired) electrons. The third-order valence-electron chi connectivity index (χ3n) is 7.09. The summed E-state index contributed by atoms with van der Waals surface area (Å²) < 4.78 is 34.7. The van der Waals surface area contributed by atoms with Gasteiger partial charge in [0.05, 0.1) is 23.1 Å². The van der Waals surface area contributed by atoms with Crippen LogP contribution in [-0.2, 0) is 11.5 Å². The number of likely N-dealkylation sites (tertiary alicyclic amines) is 1. The van der Waals surface area contributed by atoms with E-state index < -0.39 is 24.2 Å².